The zero-order valence-electron chi connectivity index (χ0n) is 9.98. The van der Waals surface area contributed by atoms with Crippen molar-refractivity contribution in [3.8, 4) is 0 Å². The van der Waals surface area contributed by atoms with Crippen molar-refractivity contribution >= 4 is 17.2 Å². The van der Waals surface area contributed by atoms with Crippen molar-refractivity contribution in [2.45, 2.75) is 38.8 Å². The van der Waals surface area contributed by atoms with E-state index in [1.807, 2.05) is 24.6 Å². The smallest absolute Gasteiger partial charge is 0.239 e. The third-order valence-electron chi connectivity index (χ3n) is 2.54. The molecule has 0 aliphatic rings. The van der Waals surface area contributed by atoms with Gasteiger partial charge >= 0.3 is 0 Å². The molecular weight excluding hydrogens is 220 g/mol. The van der Waals surface area contributed by atoms with Crippen LogP contribution in [0.3, 0.4) is 0 Å². The summed E-state index contributed by atoms with van der Waals surface area (Å²) >= 11 is 1.66. The highest BCUT2D eigenvalue weighted by atomic mass is 32.1. The number of likely N-dealkylation sites (N-methyl/N-ethyl adjacent to an activating group) is 1. The minimum Gasteiger partial charge on any atom is -0.339 e. The van der Waals surface area contributed by atoms with Gasteiger partial charge in [0.25, 0.3) is 0 Å². The third-order valence-corrected chi connectivity index (χ3v) is 3.40. The van der Waals surface area contributed by atoms with E-state index in [1.54, 1.807) is 16.2 Å². The van der Waals surface area contributed by atoms with E-state index in [-0.39, 0.29) is 11.9 Å². The molecule has 0 aliphatic heterocycles. The van der Waals surface area contributed by atoms with Gasteiger partial charge in [0.05, 0.1) is 12.6 Å². The second-order valence-corrected chi connectivity index (χ2v) is 5.05. The largest absolute Gasteiger partial charge is 0.339 e. The Labute approximate surface area is 101 Å². The van der Waals surface area contributed by atoms with E-state index in [0.29, 0.717) is 6.54 Å². The van der Waals surface area contributed by atoms with Crippen LogP contribution in [-0.2, 0) is 11.3 Å². The van der Waals surface area contributed by atoms with Crippen molar-refractivity contribution < 1.29 is 4.79 Å². The average molecular weight is 240 g/mol. The zero-order chi connectivity index (χ0) is 12.0. The Morgan fingerprint density at radius 1 is 1.62 bits per heavy atom. The number of nitrogens with zero attached hydrogens (tertiary/aromatic N) is 1. The van der Waals surface area contributed by atoms with Gasteiger partial charge in [-0.3, -0.25) is 4.79 Å². The highest BCUT2D eigenvalue weighted by Crippen LogP contribution is 2.12. The molecule has 1 rings (SSSR count). The molecular formula is C12H20N2OS. The van der Waals surface area contributed by atoms with E-state index < -0.39 is 0 Å². The maximum Gasteiger partial charge on any atom is 0.239 e. The highest BCUT2D eigenvalue weighted by Gasteiger charge is 2.17. The van der Waals surface area contributed by atoms with Gasteiger partial charge in [-0.1, -0.05) is 25.8 Å². The second kappa shape index (κ2) is 6.66. The van der Waals surface area contributed by atoms with Gasteiger partial charge in [0.2, 0.25) is 5.91 Å². The summed E-state index contributed by atoms with van der Waals surface area (Å²) < 4.78 is 0. The lowest BCUT2D eigenvalue weighted by Crippen LogP contribution is -2.41. The van der Waals surface area contributed by atoms with Crippen LogP contribution in [0.25, 0.3) is 0 Å². The molecule has 0 aromatic carbocycles. The summed E-state index contributed by atoms with van der Waals surface area (Å²) in [6.07, 6.45) is 2.87. The summed E-state index contributed by atoms with van der Waals surface area (Å²) in [4.78, 5) is 14.8. The predicted molar refractivity (Wildman–Crippen MR) is 68.3 cm³/mol. The van der Waals surface area contributed by atoms with Crippen LogP contribution in [0.1, 0.15) is 31.1 Å². The molecule has 3 nitrogen and oxygen atoms in total. The van der Waals surface area contributed by atoms with E-state index >= 15 is 0 Å². The summed E-state index contributed by atoms with van der Waals surface area (Å²) in [6.45, 7) is 2.77. The highest BCUT2D eigenvalue weighted by molar-refractivity contribution is 7.09. The number of hydrogen-bond acceptors (Lipinski definition) is 3. The fraction of sp³-hybridized carbons (Fsp3) is 0.583. The van der Waals surface area contributed by atoms with Gasteiger partial charge in [-0.2, -0.15) is 0 Å². The Balaban J connectivity index is 2.41. The number of carbonyl (C=O) groups excluding carboxylic acids is 1. The van der Waals surface area contributed by atoms with Gasteiger partial charge in [-0.25, -0.2) is 0 Å². The molecule has 1 aromatic rings. The number of unbranched alkanes of at least 4 members (excludes halogenated alkanes) is 1. The fourth-order valence-corrected chi connectivity index (χ4v) is 2.30. The Kier molecular flexibility index (Phi) is 5.49. The number of amides is 1. The average Bonchev–Trinajstić information content (AvgIpc) is 2.77. The first kappa shape index (κ1) is 13.2. The standard InChI is InChI=1S/C12H20N2OS/c1-3-4-7-11(13)12(15)14(2)9-10-6-5-8-16-10/h5-6,8,11H,3-4,7,9,13H2,1-2H3/t11-/m0/s1. The Bertz CT molecular complexity index is 311. The van der Waals surface area contributed by atoms with Gasteiger partial charge in [-0.05, 0) is 17.9 Å². The maximum atomic E-state index is 11.9. The molecule has 0 saturated carbocycles. The van der Waals surface area contributed by atoms with E-state index in [9.17, 15) is 4.79 Å². The molecule has 0 radical (unpaired) electrons. The first-order valence-electron chi connectivity index (χ1n) is 5.68. The van der Waals surface area contributed by atoms with Crippen molar-refractivity contribution in [1.29, 1.82) is 0 Å². The number of thiophene rings is 1. The van der Waals surface area contributed by atoms with Crippen molar-refractivity contribution in [2.75, 3.05) is 7.05 Å². The lowest BCUT2D eigenvalue weighted by molar-refractivity contribution is -0.131. The van der Waals surface area contributed by atoms with Crippen LogP contribution in [0, 0.1) is 0 Å². The maximum absolute atomic E-state index is 11.9. The van der Waals surface area contributed by atoms with Crippen LogP contribution in [0.4, 0.5) is 0 Å². The molecule has 0 unspecified atom stereocenters. The van der Waals surface area contributed by atoms with E-state index in [4.69, 9.17) is 5.73 Å². The molecule has 2 N–H and O–H groups in total. The molecule has 1 aromatic heterocycles. The van der Waals surface area contributed by atoms with Gasteiger partial charge in [-0.15, -0.1) is 11.3 Å². The zero-order valence-corrected chi connectivity index (χ0v) is 10.8. The molecule has 0 bridgehead atoms. The molecule has 0 aliphatic carbocycles. The molecule has 4 heteroatoms. The van der Waals surface area contributed by atoms with E-state index in [0.717, 1.165) is 19.3 Å². The van der Waals surface area contributed by atoms with Gasteiger partial charge in [0.1, 0.15) is 0 Å². The van der Waals surface area contributed by atoms with Crippen LogP contribution in [-0.4, -0.2) is 23.9 Å². The molecule has 0 fully saturated rings. The van der Waals surface area contributed by atoms with Crippen molar-refractivity contribution in [2.24, 2.45) is 5.73 Å². The van der Waals surface area contributed by atoms with Gasteiger partial charge < -0.3 is 10.6 Å². The molecule has 0 saturated heterocycles. The van der Waals surface area contributed by atoms with Crippen LogP contribution in [0.2, 0.25) is 0 Å². The van der Waals surface area contributed by atoms with Crippen LogP contribution in [0.15, 0.2) is 17.5 Å². The number of rotatable bonds is 6. The number of carbonyl (C=O) groups is 1. The third kappa shape index (κ3) is 3.94. The first-order valence-corrected chi connectivity index (χ1v) is 6.56. The SMILES string of the molecule is CCCC[C@H](N)C(=O)N(C)Cc1cccs1. The monoisotopic (exact) mass is 240 g/mol. The minimum absolute atomic E-state index is 0.0434. The predicted octanol–water partition coefficient (Wildman–Crippen LogP) is 2.22. The molecule has 1 atom stereocenters. The quantitative estimate of drug-likeness (QED) is 0.828. The minimum atomic E-state index is -0.343. The van der Waals surface area contributed by atoms with Crippen molar-refractivity contribution in [3.63, 3.8) is 0 Å². The Morgan fingerprint density at radius 3 is 2.94 bits per heavy atom. The normalized spacial score (nSPS) is 12.4. The second-order valence-electron chi connectivity index (χ2n) is 4.02. The molecule has 16 heavy (non-hydrogen) atoms. The van der Waals surface area contributed by atoms with Crippen LogP contribution < -0.4 is 5.73 Å². The topological polar surface area (TPSA) is 46.3 Å². The van der Waals surface area contributed by atoms with Crippen LogP contribution >= 0.6 is 11.3 Å². The summed E-state index contributed by atoms with van der Waals surface area (Å²) in [5.74, 6) is 0.0434. The summed E-state index contributed by atoms with van der Waals surface area (Å²) in [5, 5.41) is 2.02. The van der Waals surface area contributed by atoms with Gasteiger partial charge in [0.15, 0.2) is 0 Å². The number of nitrogens with two attached hydrogens (primary N) is 1. The van der Waals surface area contributed by atoms with Gasteiger partial charge in [0, 0.05) is 11.9 Å². The van der Waals surface area contributed by atoms with Crippen molar-refractivity contribution in [3.05, 3.63) is 22.4 Å². The van der Waals surface area contributed by atoms with E-state index in [2.05, 4.69) is 6.92 Å². The molecule has 90 valence electrons. The number of hydrogen-bond donors (Lipinski definition) is 1. The van der Waals surface area contributed by atoms with Crippen LogP contribution in [0.5, 0.6) is 0 Å². The molecule has 0 spiro atoms. The lowest BCUT2D eigenvalue weighted by atomic mass is 10.1. The van der Waals surface area contributed by atoms with E-state index in [1.165, 1.54) is 4.88 Å². The Morgan fingerprint density at radius 2 is 2.38 bits per heavy atom. The fourth-order valence-electron chi connectivity index (χ4n) is 1.54. The lowest BCUT2D eigenvalue weighted by Gasteiger charge is -2.20. The molecule has 1 amide bonds. The first-order chi connectivity index (χ1) is 7.65. The Hall–Kier alpha value is -0.870. The summed E-state index contributed by atoms with van der Waals surface area (Å²) in [7, 11) is 1.81. The summed E-state index contributed by atoms with van der Waals surface area (Å²) in [5.41, 5.74) is 5.85. The molecule has 1 heterocycles. The summed E-state index contributed by atoms with van der Waals surface area (Å²) in [6, 6.07) is 3.69. The van der Waals surface area contributed by atoms with Crippen molar-refractivity contribution in [1.82, 2.24) is 4.90 Å².